The van der Waals surface area contributed by atoms with E-state index >= 15 is 0 Å². The number of ether oxygens (including phenoxy) is 1. The third-order valence-corrected chi connectivity index (χ3v) is 3.77. The molecule has 0 heterocycles. The smallest absolute Gasteiger partial charge is 0.135 e. The Bertz CT molecular complexity index is 770. The summed E-state index contributed by atoms with van der Waals surface area (Å²) in [4.78, 5) is 0. The van der Waals surface area contributed by atoms with E-state index < -0.39 is 0 Å². The molecule has 0 aliphatic rings. The van der Waals surface area contributed by atoms with Gasteiger partial charge in [0.1, 0.15) is 11.5 Å². The van der Waals surface area contributed by atoms with Crippen molar-refractivity contribution < 1.29 is 4.74 Å². The van der Waals surface area contributed by atoms with Gasteiger partial charge < -0.3 is 10.5 Å². The van der Waals surface area contributed by atoms with E-state index in [1.807, 2.05) is 60.7 Å². The molecule has 0 amide bonds. The van der Waals surface area contributed by atoms with Crippen molar-refractivity contribution >= 4 is 22.4 Å². The van der Waals surface area contributed by atoms with Gasteiger partial charge in [0.25, 0.3) is 0 Å². The maximum absolute atomic E-state index is 6.24. The van der Waals surface area contributed by atoms with Crippen LogP contribution in [0.3, 0.4) is 0 Å². The van der Waals surface area contributed by atoms with Crippen molar-refractivity contribution in [2.24, 2.45) is 5.73 Å². The van der Waals surface area contributed by atoms with E-state index in [4.69, 9.17) is 22.1 Å². The van der Waals surface area contributed by atoms with Crippen LogP contribution in [-0.2, 0) is 6.42 Å². The van der Waals surface area contributed by atoms with E-state index in [9.17, 15) is 0 Å². The molecular weight excluding hydrogens is 282 g/mol. The maximum Gasteiger partial charge on any atom is 0.135 e. The molecule has 0 unspecified atom stereocenters. The van der Waals surface area contributed by atoms with Crippen LogP contribution in [0.2, 0.25) is 5.02 Å². The molecule has 3 heteroatoms. The lowest BCUT2D eigenvalue weighted by molar-refractivity contribution is 0.482. The zero-order chi connectivity index (χ0) is 14.7. The molecular formula is C18H16ClNO. The topological polar surface area (TPSA) is 35.2 Å². The Balaban J connectivity index is 2.05. The highest BCUT2D eigenvalue weighted by Crippen LogP contribution is 2.35. The number of rotatable bonds is 4. The average molecular weight is 298 g/mol. The second-order valence-electron chi connectivity index (χ2n) is 4.84. The second kappa shape index (κ2) is 6.17. The summed E-state index contributed by atoms with van der Waals surface area (Å²) in [6.07, 6.45) is 0.793. The van der Waals surface area contributed by atoms with Crippen LogP contribution in [0, 0.1) is 0 Å². The summed E-state index contributed by atoms with van der Waals surface area (Å²) in [5.74, 6) is 1.65. The van der Waals surface area contributed by atoms with Crippen molar-refractivity contribution in [3.8, 4) is 11.5 Å². The fourth-order valence-electron chi connectivity index (χ4n) is 2.41. The zero-order valence-corrected chi connectivity index (χ0v) is 12.3. The maximum atomic E-state index is 6.24. The van der Waals surface area contributed by atoms with Gasteiger partial charge in [0.2, 0.25) is 0 Å². The summed E-state index contributed by atoms with van der Waals surface area (Å²) in [6, 6.07) is 19.7. The first-order valence-electron chi connectivity index (χ1n) is 6.92. The summed E-state index contributed by atoms with van der Waals surface area (Å²) in [7, 11) is 0. The van der Waals surface area contributed by atoms with E-state index in [0.717, 1.165) is 39.3 Å². The Hall–Kier alpha value is -2.03. The van der Waals surface area contributed by atoms with Gasteiger partial charge >= 0.3 is 0 Å². The van der Waals surface area contributed by atoms with Gasteiger partial charge in [0.15, 0.2) is 0 Å². The molecule has 21 heavy (non-hydrogen) atoms. The third-order valence-electron chi connectivity index (χ3n) is 3.44. The van der Waals surface area contributed by atoms with Crippen LogP contribution in [-0.4, -0.2) is 6.54 Å². The van der Waals surface area contributed by atoms with Crippen LogP contribution >= 0.6 is 11.6 Å². The molecule has 0 bridgehead atoms. The van der Waals surface area contributed by atoms with Gasteiger partial charge in [-0.3, -0.25) is 0 Å². The fraction of sp³-hybridized carbons (Fsp3) is 0.111. The quantitative estimate of drug-likeness (QED) is 0.751. The molecule has 106 valence electrons. The molecule has 0 radical (unpaired) electrons. The molecule has 0 atom stereocenters. The third kappa shape index (κ3) is 2.87. The molecule has 0 fully saturated rings. The monoisotopic (exact) mass is 297 g/mol. The highest BCUT2D eigenvalue weighted by molar-refractivity contribution is 6.35. The molecule has 3 aromatic rings. The van der Waals surface area contributed by atoms with Crippen LogP contribution < -0.4 is 10.5 Å². The molecule has 0 aliphatic heterocycles. The lowest BCUT2D eigenvalue weighted by Gasteiger charge is -2.13. The summed E-state index contributed by atoms with van der Waals surface area (Å²) >= 11 is 6.24. The summed E-state index contributed by atoms with van der Waals surface area (Å²) in [6.45, 7) is 0.599. The normalized spacial score (nSPS) is 10.8. The highest BCUT2D eigenvalue weighted by atomic mass is 35.5. The van der Waals surface area contributed by atoms with Crippen LogP contribution in [0.25, 0.3) is 10.8 Å². The molecule has 2 N–H and O–H groups in total. The molecule has 3 aromatic carbocycles. The fourth-order valence-corrected chi connectivity index (χ4v) is 2.64. The molecule has 0 saturated carbocycles. The van der Waals surface area contributed by atoms with Crippen LogP contribution in [0.15, 0.2) is 60.7 Å². The lowest BCUT2D eigenvalue weighted by atomic mass is 10.1. The first-order chi connectivity index (χ1) is 10.3. The minimum absolute atomic E-state index is 0.599. The van der Waals surface area contributed by atoms with Crippen molar-refractivity contribution in [1.29, 1.82) is 0 Å². The Morgan fingerprint density at radius 3 is 2.33 bits per heavy atom. The number of nitrogens with two attached hydrogens (primary N) is 1. The van der Waals surface area contributed by atoms with Crippen LogP contribution in [0.4, 0.5) is 0 Å². The number of hydrogen-bond donors (Lipinski definition) is 1. The van der Waals surface area contributed by atoms with E-state index in [1.165, 1.54) is 0 Å². The minimum Gasteiger partial charge on any atom is -0.456 e. The van der Waals surface area contributed by atoms with Gasteiger partial charge in [-0.1, -0.05) is 54.1 Å². The van der Waals surface area contributed by atoms with Gasteiger partial charge in [-0.05, 0) is 36.7 Å². The van der Waals surface area contributed by atoms with Crippen LogP contribution in [0.5, 0.6) is 11.5 Å². The number of halogens is 1. The first kappa shape index (κ1) is 13.9. The molecule has 0 saturated heterocycles. The van der Waals surface area contributed by atoms with Crippen molar-refractivity contribution in [1.82, 2.24) is 0 Å². The summed E-state index contributed by atoms with van der Waals surface area (Å²) in [5, 5.41) is 2.73. The number of hydrogen-bond acceptors (Lipinski definition) is 2. The van der Waals surface area contributed by atoms with Gasteiger partial charge in [0, 0.05) is 15.8 Å². The zero-order valence-electron chi connectivity index (χ0n) is 11.6. The standard InChI is InChI=1S/C18H16ClNO/c19-16-9-10-18(15-7-3-2-6-14(15)16)21-17-8-4-1-5-13(17)11-12-20/h1-10H,11-12,20H2. The molecule has 2 nitrogen and oxygen atoms in total. The van der Waals surface area contributed by atoms with Gasteiger partial charge in [0.05, 0.1) is 0 Å². The number of para-hydroxylation sites is 1. The minimum atomic E-state index is 0.599. The van der Waals surface area contributed by atoms with Crippen molar-refractivity contribution in [2.45, 2.75) is 6.42 Å². The molecule has 0 aromatic heterocycles. The Morgan fingerprint density at radius 2 is 1.52 bits per heavy atom. The average Bonchev–Trinajstić information content (AvgIpc) is 2.52. The predicted molar refractivity (Wildman–Crippen MR) is 88.2 cm³/mol. The van der Waals surface area contributed by atoms with E-state index in [0.29, 0.717) is 6.54 Å². The van der Waals surface area contributed by atoms with Gasteiger partial charge in [-0.2, -0.15) is 0 Å². The predicted octanol–water partition coefficient (Wildman–Crippen LogP) is 4.79. The van der Waals surface area contributed by atoms with E-state index in [1.54, 1.807) is 0 Å². The van der Waals surface area contributed by atoms with Gasteiger partial charge in [-0.25, -0.2) is 0 Å². The Labute approximate surface area is 129 Å². The SMILES string of the molecule is NCCc1ccccc1Oc1ccc(Cl)c2ccccc12. The van der Waals surface area contributed by atoms with Gasteiger partial charge in [-0.15, -0.1) is 0 Å². The number of benzene rings is 3. The summed E-state index contributed by atoms with van der Waals surface area (Å²) < 4.78 is 6.12. The van der Waals surface area contributed by atoms with Crippen molar-refractivity contribution in [3.63, 3.8) is 0 Å². The lowest BCUT2D eigenvalue weighted by Crippen LogP contribution is -2.03. The first-order valence-corrected chi connectivity index (χ1v) is 7.30. The Kier molecular flexibility index (Phi) is 4.09. The molecule has 0 spiro atoms. The molecule has 3 rings (SSSR count). The van der Waals surface area contributed by atoms with E-state index in [-0.39, 0.29) is 0 Å². The number of fused-ring (bicyclic) bond motifs is 1. The Morgan fingerprint density at radius 1 is 0.810 bits per heavy atom. The van der Waals surface area contributed by atoms with Crippen molar-refractivity contribution in [2.75, 3.05) is 6.54 Å². The summed E-state index contributed by atoms with van der Waals surface area (Å²) in [5.41, 5.74) is 6.77. The molecule has 0 aliphatic carbocycles. The highest BCUT2D eigenvalue weighted by Gasteiger charge is 2.08. The van der Waals surface area contributed by atoms with Crippen LogP contribution in [0.1, 0.15) is 5.56 Å². The van der Waals surface area contributed by atoms with Crippen molar-refractivity contribution in [3.05, 3.63) is 71.2 Å². The van der Waals surface area contributed by atoms with E-state index in [2.05, 4.69) is 0 Å². The largest absolute Gasteiger partial charge is 0.456 e. The second-order valence-corrected chi connectivity index (χ2v) is 5.25.